The quantitative estimate of drug-likeness (QED) is 0.625. The van der Waals surface area contributed by atoms with E-state index < -0.39 is 0 Å². The van der Waals surface area contributed by atoms with E-state index in [0.717, 1.165) is 5.52 Å². The average Bonchev–Trinajstić information content (AvgIpc) is 2.42. The molecule has 2 aromatic rings. The molecule has 2 rings (SSSR count). The lowest BCUT2D eigenvalue weighted by Crippen LogP contribution is -1.87. The zero-order valence-corrected chi connectivity index (χ0v) is 11.3. The molecule has 1 aromatic heterocycles. The van der Waals surface area contributed by atoms with Gasteiger partial charge in [-0.1, -0.05) is 51.2 Å². The number of rotatable bonds is 7. The Labute approximate surface area is 110 Å². The van der Waals surface area contributed by atoms with Gasteiger partial charge in [-0.15, -0.1) is 0 Å². The molecule has 0 aliphatic rings. The third kappa shape index (κ3) is 3.83. The first-order chi connectivity index (χ1) is 8.90. The second-order valence-electron chi connectivity index (χ2n) is 4.98. The standard InChI is InChI=1S/C17H22N/c1-2-3-4-5-6-7-9-15-11-12-16-10-8-13-18-17(16)14-15/h10-14H,2-7,9H2,1H3. The third-order valence-electron chi connectivity index (χ3n) is 3.43. The number of fused-ring (bicyclic) bond motifs is 1. The van der Waals surface area contributed by atoms with E-state index in [-0.39, 0.29) is 0 Å². The predicted molar refractivity (Wildman–Crippen MR) is 77.7 cm³/mol. The van der Waals surface area contributed by atoms with E-state index >= 15 is 0 Å². The van der Waals surface area contributed by atoms with E-state index in [0.29, 0.717) is 0 Å². The molecule has 0 aliphatic carbocycles. The Bertz CT molecular complexity index is 476. The molecule has 1 heterocycles. The second-order valence-corrected chi connectivity index (χ2v) is 4.98. The number of nitrogens with zero attached hydrogens (tertiary/aromatic N) is 1. The van der Waals surface area contributed by atoms with Crippen molar-refractivity contribution in [2.24, 2.45) is 0 Å². The van der Waals surface area contributed by atoms with Crippen molar-refractivity contribution in [1.82, 2.24) is 4.98 Å². The van der Waals surface area contributed by atoms with E-state index in [1.165, 1.54) is 55.9 Å². The molecule has 0 bridgehead atoms. The van der Waals surface area contributed by atoms with Gasteiger partial charge in [0.1, 0.15) is 0 Å². The highest BCUT2D eigenvalue weighted by Gasteiger charge is 1.97. The lowest BCUT2D eigenvalue weighted by molar-refractivity contribution is 0.607. The summed E-state index contributed by atoms with van der Waals surface area (Å²) in [5.41, 5.74) is 2.51. The van der Waals surface area contributed by atoms with Gasteiger partial charge in [0.25, 0.3) is 0 Å². The summed E-state index contributed by atoms with van der Waals surface area (Å²) in [6, 6.07) is 11.6. The van der Waals surface area contributed by atoms with E-state index in [2.05, 4.69) is 36.2 Å². The van der Waals surface area contributed by atoms with Crippen molar-refractivity contribution < 1.29 is 0 Å². The third-order valence-corrected chi connectivity index (χ3v) is 3.43. The molecular weight excluding hydrogens is 218 g/mol. The van der Waals surface area contributed by atoms with Gasteiger partial charge in [0.05, 0.1) is 5.52 Å². The minimum Gasteiger partial charge on any atom is -0.256 e. The molecule has 1 radical (unpaired) electrons. The van der Waals surface area contributed by atoms with Crippen LogP contribution in [0.3, 0.4) is 0 Å². The van der Waals surface area contributed by atoms with Gasteiger partial charge >= 0.3 is 0 Å². The van der Waals surface area contributed by atoms with Crippen LogP contribution in [0.2, 0.25) is 0 Å². The second kappa shape index (κ2) is 7.15. The molecule has 0 saturated carbocycles. The Hall–Kier alpha value is -1.37. The molecule has 0 spiro atoms. The van der Waals surface area contributed by atoms with Crippen molar-refractivity contribution in [3.63, 3.8) is 0 Å². The molecule has 0 fully saturated rings. The largest absolute Gasteiger partial charge is 0.256 e. The number of hydrogen-bond acceptors (Lipinski definition) is 1. The van der Waals surface area contributed by atoms with Crippen LogP contribution in [-0.4, -0.2) is 4.98 Å². The van der Waals surface area contributed by atoms with Gasteiger partial charge in [-0.3, -0.25) is 4.98 Å². The smallest absolute Gasteiger partial charge is 0.0705 e. The number of pyridine rings is 1. The van der Waals surface area contributed by atoms with Crippen molar-refractivity contribution in [3.05, 3.63) is 42.1 Å². The van der Waals surface area contributed by atoms with Crippen molar-refractivity contribution in [2.45, 2.75) is 51.9 Å². The van der Waals surface area contributed by atoms with Crippen molar-refractivity contribution in [1.29, 1.82) is 0 Å². The van der Waals surface area contributed by atoms with Crippen LogP contribution in [0.5, 0.6) is 0 Å². The summed E-state index contributed by atoms with van der Waals surface area (Å²) in [6.45, 7) is 2.26. The fraction of sp³-hybridized carbons (Fsp3) is 0.471. The first-order valence-electron chi connectivity index (χ1n) is 7.15. The van der Waals surface area contributed by atoms with E-state index in [9.17, 15) is 0 Å². The molecule has 1 heteroatoms. The number of benzene rings is 1. The van der Waals surface area contributed by atoms with Crippen LogP contribution in [0.15, 0.2) is 30.5 Å². The van der Waals surface area contributed by atoms with Crippen molar-refractivity contribution in [3.8, 4) is 0 Å². The number of unbranched alkanes of at least 4 members (excludes halogenated alkanes) is 5. The van der Waals surface area contributed by atoms with Gasteiger partial charge in [0, 0.05) is 17.6 Å². The molecule has 1 aromatic carbocycles. The topological polar surface area (TPSA) is 12.9 Å². The van der Waals surface area contributed by atoms with Crippen molar-refractivity contribution >= 4 is 10.9 Å². The normalized spacial score (nSPS) is 10.9. The van der Waals surface area contributed by atoms with Crippen LogP contribution in [0.25, 0.3) is 10.9 Å². The van der Waals surface area contributed by atoms with Gasteiger partial charge in [0.15, 0.2) is 0 Å². The lowest BCUT2D eigenvalue weighted by atomic mass is 10.0. The highest BCUT2D eigenvalue weighted by Crippen LogP contribution is 2.15. The maximum atomic E-state index is 4.36. The first-order valence-corrected chi connectivity index (χ1v) is 7.15. The van der Waals surface area contributed by atoms with Gasteiger partial charge in [-0.05, 0) is 30.5 Å². The fourth-order valence-electron chi connectivity index (χ4n) is 2.32. The molecular formula is C17H22N. The Morgan fingerprint density at radius 1 is 1.06 bits per heavy atom. The summed E-state index contributed by atoms with van der Waals surface area (Å²) >= 11 is 0. The van der Waals surface area contributed by atoms with Gasteiger partial charge in [-0.25, -0.2) is 0 Å². The summed E-state index contributed by atoms with van der Waals surface area (Å²) in [7, 11) is 0. The van der Waals surface area contributed by atoms with Crippen LogP contribution in [0.4, 0.5) is 0 Å². The highest BCUT2D eigenvalue weighted by atomic mass is 14.6. The molecule has 0 unspecified atom stereocenters. The molecule has 1 nitrogen and oxygen atoms in total. The molecule has 18 heavy (non-hydrogen) atoms. The number of aromatic nitrogens is 1. The molecule has 0 N–H and O–H groups in total. The average molecular weight is 240 g/mol. The maximum Gasteiger partial charge on any atom is 0.0705 e. The molecule has 0 saturated heterocycles. The fourth-order valence-corrected chi connectivity index (χ4v) is 2.32. The summed E-state index contributed by atoms with van der Waals surface area (Å²) in [4.78, 5) is 4.36. The summed E-state index contributed by atoms with van der Waals surface area (Å²) in [5.74, 6) is 0. The Morgan fingerprint density at radius 2 is 1.89 bits per heavy atom. The number of aryl methyl sites for hydroxylation is 1. The van der Waals surface area contributed by atoms with E-state index in [1.807, 2.05) is 6.07 Å². The SMILES string of the molecule is CCCCCCCCc1ccc2c[c]cnc2c1. The molecule has 0 atom stereocenters. The summed E-state index contributed by atoms with van der Waals surface area (Å²) < 4.78 is 0. The van der Waals surface area contributed by atoms with Crippen LogP contribution >= 0.6 is 0 Å². The monoisotopic (exact) mass is 240 g/mol. The summed E-state index contributed by atoms with van der Waals surface area (Å²) in [6.07, 6.45) is 11.1. The molecule has 0 aliphatic heterocycles. The summed E-state index contributed by atoms with van der Waals surface area (Å²) in [5, 5.41) is 1.18. The van der Waals surface area contributed by atoms with Crippen LogP contribution in [0.1, 0.15) is 51.0 Å². The van der Waals surface area contributed by atoms with Gasteiger partial charge in [0.2, 0.25) is 0 Å². The highest BCUT2D eigenvalue weighted by molar-refractivity contribution is 5.78. The number of hydrogen-bond donors (Lipinski definition) is 0. The Kier molecular flexibility index (Phi) is 5.19. The minimum absolute atomic E-state index is 1.09. The predicted octanol–water partition coefficient (Wildman–Crippen LogP) is 4.94. The van der Waals surface area contributed by atoms with Crippen LogP contribution in [-0.2, 0) is 6.42 Å². The van der Waals surface area contributed by atoms with E-state index in [1.54, 1.807) is 6.20 Å². The zero-order valence-electron chi connectivity index (χ0n) is 11.3. The first kappa shape index (κ1) is 13.1. The Balaban J connectivity index is 1.81. The molecule has 95 valence electrons. The van der Waals surface area contributed by atoms with Crippen LogP contribution < -0.4 is 0 Å². The Morgan fingerprint density at radius 3 is 2.78 bits per heavy atom. The van der Waals surface area contributed by atoms with Crippen molar-refractivity contribution in [2.75, 3.05) is 0 Å². The van der Waals surface area contributed by atoms with Gasteiger partial charge < -0.3 is 0 Å². The minimum atomic E-state index is 1.09. The maximum absolute atomic E-state index is 4.36. The molecule has 0 amide bonds. The zero-order chi connectivity index (χ0) is 12.6. The van der Waals surface area contributed by atoms with Gasteiger partial charge in [-0.2, -0.15) is 0 Å². The van der Waals surface area contributed by atoms with Crippen LogP contribution in [0, 0.1) is 6.07 Å². The van der Waals surface area contributed by atoms with E-state index in [4.69, 9.17) is 0 Å². The lowest BCUT2D eigenvalue weighted by Gasteiger charge is -2.03.